The van der Waals surface area contributed by atoms with E-state index in [4.69, 9.17) is 4.74 Å². The van der Waals surface area contributed by atoms with Crippen LogP contribution in [-0.4, -0.2) is 0 Å². The third-order valence-electron chi connectivity index (χ3n) is 8.38. The second-order valence-electron chi connectivity index (χ2n) is 10.5. The normalized spacial score (nSPS) is 12.3. The fourth-order valence-electron chi connectivity index (χ4n) is 6.57. The summed E-state index contributed by atoms with van der Waals surface area (Å²) < 4.78 is 6.56. The standard InChI is InChI=1S/C38H22O/c1-2-9-24-19-34-32(20-25-10-3-6-13-29(25)33(34)18-23(24)8-1)27-16-17-36-35(21-27)31-15-7-14-30-28-12-5-4-11-26(28)22-37(39-36)38(30)31/h1-22H. The van der Waals surface area contributed by atoms with Crippen molar-refractivity contribution in [1.82, 2.24) is 0 Å². The third-order valence-corrected chi connectivity index (χ3v) is 8.38. The van der Waals surface area contributed by atoms with E-state index in [-0.39, 0.29) is 0 Å². The number of fused-ring (bicyclic) bond motifs is 8. The molecule has 1 nitrogen and oxygen atoms in total. The van der Waals surface area contributed by atoms with Gasteiger partial charge in [-0.05, 0) is 102 Å². The van der Waals surface area contributed by atoms with E-state index >= 15 is 0 Å². The first-order valence-electron chi connectivity index (χ1n) is 13.4. The zero-order valence-corrected chi connectivity index (χ0v) is 21.1. The van der Waals surface area contributed by atoms with E-state index in [1.807, 2.05) is 0 Å². The van der Waals surface area contributed by atoms with Gasteiger partial charge in [-0.2, -0.15) is 0 Å². The summed E-state index contributed by atoms with van der Waals surface area (Å²) in [7, 11) is 0. The smallest absolute Gasteiger partial charge is 0.136 e. The van der Waals surface area contributed by atoms with Gasteiger partial charge in [0.15, 0.2) is 0 Å². The molecule has 8 aromatic carbocycles. The topological polar surface area (TPSA) is 9.23 Å². The van der Waals surface area contributed by atoms with Gasteiger partial charge < -0.3 is 4.74 Å². The second kappa shape index (κ2) is 7.69. The Balaban J connectivity index is 1.34. The van der Waals surface area contributed by atoms with Crippen LogP contribution in [0.3, 0.4) is 0 Å². The van der Waals surface area contributed by atoms with Gasteiger partial charge in [-0.15, -0.1) is 0 Å². The van der Waals surface area contributed by atoms with E-state index in [1.165, 1.54) is 70.6 Å². The molecule has 0 radical (unpaired) electrons. The monoisotopic (exact) mass is 494 g/mol. The van der Waals surface area contributed by atoms with Gasteiger partial charge in [0.05, 0.1) is 0 Å². The maximum Gasteiger partial charge on any atom is 0.136 e. The molecule has 180 valence electrons. The summed E-state index contributed by atoms with van der Waals surface area (Å²) in [5.74, 6) is 1.84. The van der Waals surface area contributed by atoms with Crippen LogP contribution in [0.4, 0.5) is 0 Å². The molecule has 1 heterocycles. The SMILES string of the molecule is c1ccc2cc3c(cc2c1)c(-c1ccc2c(c1)-c1cccc4c1c(cc1ccccc14)O2)cc1ccccc13. The van der Waals surface area contributed by atoms with E-state index in [1.54, 1.807) is 0 Å². The van der Waals surface area contributed by atoms with Crippen molar-refractivity contribution in [1.29, 1.82) is 0 Å². The molecular weight excluding hydrogens is 472 g/mol. The van der Waals surface area contributed by atoms with Gasteiger partial charge in [-0.3, -0.25) is 0 Å². The van der Waals surface area contributed by atoms with Crippen molar-refractivity contribution in [3.8, 4) is 33.8 Å². The molecule has 1 aliphatic heterocycles. The first kappa shape index (κ1) is 20.9. The summed E-state index contributed by atoms with van der Waals surface area (Å²) in [5.41, 5.74) is 4.81. The molecule has 9 rings (SSSR count). The molecule has 0 aliphatic carbocycles. The van der Waals surface area contributed by atoms with Crippen LogP contribution in [0.5, 0.6) is 11.5 Å². The Morgan fingerprint density at radius 1 is 0.333 bits per heavy atom. The van der Waals surface area contributed by atoms with Crippen LogP contribution in [0.2, 0.25) is 0 Å². The first-order valence-corrected chi connectivity index (χ1v) is 13.4. The molecule has 0 fully saturated rings. The van der Waals surface area contributed by atoms with Crippen molar-refractivity contribution in [2.24, 2.45) is 0 Å². The summed E-state index contributed by atoms with van der Waals surface area (Å²) in [6.45, 7) is 0. The molecule has 39 heavy (non-hydrogen) atoms. The van der Waals surface area contributed by atoms with E-state index in [0.717, 1.165) is 17.1 Å². The van der Waals surface area contributed by atoms with Gasteiger partial charge in [0.1, 0.15) is 11.5 Å². The molecule has 1 heteroatoms. The molecule has 0 atom stereocenters. The molecule has 1 aliphatic rings. The minimum absolute atomic E-state index is 0.907. The highest BCUT2D eigenvalue weighted by Gasteiger charge is 2.22. The molecule has 0 saturated heterocycles. The van der Waals surface area contributed by atoms with Crippen LogP contribution in [0.25, 0.3) is 76.1 Å². The van der Waals surface area contributed by atoms with Gasteiger partial charge in [0, 0.05) is 10.9 Å². The Morgan fingerprint density at radius 2 is 0.974 bits per heavy atom. The van der Waals surface area contributed by atoms with E-state index in [0.29, 0.717) is 0 Å². The number of hydrogen-bond acceptors (Lipinski definition) is 1. The van der Waals surface area contributed by atoms with Gasteiger partial charge >= 0.3 is 0 Å². The fraction of sp³-hybridized carbons (Fsp3) is 0. The molecule has 8 aromatic rings. The van der Waals surface area contributed by atoms with Crippen molar-refractivity contribution >= 4 is 53.9 Å². The molecule has 0 N–H and O–H groups in total. The van der Waals surface area contributed by atoms with Crippen LogP contribution in [-0.2, 0) is 0 Å². The molecular formula is C38H22O. The van der Waals surface area contributed by atoms with Crippen molar-refractivity contribution in [2.75, 3.05) is 0 Å². The average molecular weight is 495 g/mol. The molecule has 0 bridgehead atoms. The summed E-state index contributed by atoms with van der Waals surface area (Å²) in [4.78, 5) is 0. The van der Waals surface area contributed by atoms with Crippen LogP contribution < -0.4 is 4.74 Å². The average Bonchev–Trinajstić information content (AvgIpc) is 3.00. The highest BCUT2D eigenvalue weighted by atomic mass is 16.5. The molecule has 0 amide bonds. The van der Waals surface area contributed by atoms with Crippen LogP contribution in [0.1, 0.15) is 0 Å². The van der Waals surface area contributed by atoms with Crippen molar-refractivity contribution in [3.63, 3.8) is 0 Å². The zero-order chi connectivity index (χ0) is 25.5. The minimum atomic E-state index is 0.907. The quantitative estimate of drug-likeness (QED) is 0.163. The number of rotatable bonds is 1. The summed E-state index contributed by atoms with van der Waals surface area (Å²) in [6.07, 6.45) is 0. The Bertz CT molecular complexity index is 2310. The Hall–Kier alpha value is -5.14. The summed E-state index contributed by atoms with van der Waals surface area (Å²) >= 11 is 0. The molecule has 0 aromatic heterocycles. The lowest BCUT2D eigenvalue weighted by atomic mass is 9.88. The van der Waals surface area contributed by atoms with Crippen molar-refractivity contribution in [3.05, 3.63) is 133 Å². The fourth-order valence-corrected chi connectivity index (χ4v) is 6.57. The zero-order valence-electron chi connectivity index (χ0n) is 21.1. The molecule has 0 saturated carbocycles. The van der Waals surface area contributed by atoms with Crippen molar-refractivity contribution < 1.29 is 4.74 Å². The number of ether oxygens (including phenoxy) is 1. The summed E-state index contributed by atoms with van der Waals surface area (Å²) in [6, 6.07) is 48.4. The van der Waals surface area contributed by atoms with Crippen molar-refractivity contribution in [2.45, 2.75) is 0 Å². The Kier molecular flexibility index (Phi) is 4.11. The predicted molar refractivity (Wildman–Crippen MR) is 165 cm³/mol. The Labute approximate surface area is 225 Å². The summed E-state index contributed by atoms with van der Waals surface area (Å²) in [5, 5.41) is 12.5. The van der Waals surface area contributed by atoms with Gasteiger partial charge in [-0.25, -0.2) is 0 Å². The highest BCUT2D eigenvalue weighted by molar-refractivity contribution is 6.19. The van der Waals surface area contributed by atoms with Gasteiger partial charge in [0.2, 0.25) is 0 Å². The van der Waals surface area contributed by atoms with Gasteiger partial charge in [-0.1, -0.05) is 97.1 Å². The van der Waals surface area contributed by atoms with Crippen LogP contribution in [0, 0.1) is 0 Å². The predicted octanol–water partition coefficient (Wildman–Crippen LogP) is 10.9. The largest absolute Gasteiger partial charge is 0.456 e. The van der Waals surface area contributed by atoms with E-state index in [9.17, 15) is 0 Å². The third kappa shape index (κ3) is 2.96. The van der Waals surface area contributed by atoms with Gasteiger partial charge in [0.25, 0.3) is 0 Å². The number of hydrogen-bond donors (Lipinski definition) is 0. The van der Waals surface area contributed by atoms with E-state index < -0.39 is 0 Å². The number of benzene rings is 8. The Morgan fingerprint density at radius 3 is 1.77 bits per heavy atom. The lowest BCUT2D eigenvalue weighted by molar-refractivity contribution is 0.488. The lowest BCUT2D eigenvalue weighted by Crippen LogP contribution is -1.98. The maximum atomic E-state index is 6.56. The van der Waals surface area contributed by atoms with Crippen LogP contribution >= 0.6 is 0 Å². The maximum absolute atomic E-state index is 6.56. The lowest BCUT2D eigenvalue weighted by Gasteiger charge is -2.23. The first-order chi connectivity index (χ1) is 19.3. The molecule has 0 spiro atoms. The second-order valence-corrected chi connectivity index (χ2v) is 10.5. The van der Waals surface area contributed by atoms with Crippen LogP contribution in [0.15, 0.2) is 133 Å². The highest BCUT2D eigenvalue weighted by Crippen LogP contribution is 2.50. The minimum Gasteiger partial charge on any atom is -0.456 e. The van der Waals surface area contributed by atoms with E-state index in [2.05, 4.69) is 133 Å². The molecule has 0 unspecified atom stereocenters.